The molecule has 5 heteroatoms. The van der Waals surface area contributed by atoms with Crippen LogP contribution in [0.5, 0.6) is 0 Å². The summed E-state index contributed by atoms with van der Waals surface area (Å²) in [7, 11) is 0. The SMILES string of the molecule is Cc1cc2ccccn2c1C(C[N+](=O)[O-])c1ccccc1F. The van der Waals surface area contributed by atoms with Gasteiger partial charge in [-0.05, 0) is 36.8 Å². The Morgan fingerprint density at radius 3 is 2.68 bits per heavy atom. The van der Waals surface area contributed by atoms with Gasteiger partial charge in [-0.25, -0.2) is 4.39 Å². The molecule has 0 radical (unpaired) electrons. The molecule has 0 aliphatic carbocycles. The van der Waals surface area contributed by atoms with E-state index in [1.165, 1.54) is 6.07 Å². The summed E-state index contributed by atoms with van der Waals surface area (Å²) in [6.45, 7) is 1.55. The number of nitro groups is 1. The first-order valence-corrected chi connectivity index (χ1v) is 7.00. The summed E-state index contributed by atoms with van der Waals surface area (Å²) >= 11 is 0. The Kier molecular flexibility index (Phi) is 3.63. The third-order valence-corrected chi connectivity index (χ3v) is 3.86. The summed E-state index contributed by atoms with van der Waals surface area (Å²) in [6, 6.07) is 13.9. The van der Waals surface area contributed by atoms with E-state index in [0.29, 0.717) is 5.56 Å². The Bertz CT molecular complexity index is 842. The Labute approximate surface area is 127 Å². The lowest BCUT2D eigenvalue weighted by Gasteiger charge is -2.16. The van der Waals surface area contributed by atoms with Crippen molar-refractivity contribution in [3.63, 3.8) is 0 Å². The van der Waals surface area contributed by atoms with Gasteiger partial charge in [0, 0.05) is 27.9 Å². The highest BCUT2D eigenvalue weighted by Gasteiger charge is 2.27. The highest BCUT2D eigenvalue weighted by molar-refractivity contribution is 5.55. The van der Waals surface area contributed by atoms with Crippen LogP contribution < -0.4 is 0 Å². The predicted molar refractivity (Wildman–Crippen MR) is 82.2 cm³/mol. The summed E-state index contributed by atoms with van der Waals surface area (Å²) in [5.74, 6) is -1.04. The number of hydrogen-bond acceptors (Lipinski definition) is 2. The van der Waals surface area contributed by atoms with Crippen molar-refractivity contribution in [2.45, 2.75) is 12.8 Å². The number of benzene rings is 1. The first kappa shape index (κ1) is 14.3. The summed E-state index contributed by atoms with van der Waals surface area (Å²) in [5.41, 5.74) is 2.98. The van der Waals surface area contributed by atoms with Crippen LogP contribution in [0.3, 0.4) is 0 Å². The molecule has 0 fully saturated rings. The van der Waals surface area contributed by atoms with Gasteiger partial charge >= 0.3 is 0 Å². The maximum atomic E-state index is 14.2. The molecule has 1 aromatic carbocycles. The van der Waals surface area contributed by atoms with Gasteiger partial charge in [-0.2, -0.15) is 0 Å². The van der Waals surface area contributed by atoms with Crippen LogP contribution >= 0.6 is 0 Å². The molecule has 0 saturated carbocycles. The van der Waals surface area contributed by atoms with E-state index in [0.717, 1.165) is 16.8 Å². The molecule has 112 valence electrons. The zero-order valence-corrected chi connectivity index (χ0v) is 12.1. The van der Waals surface area contributed by atoms with Crippen LogP contribution in [0.4, 0.5) is 4.39 Å². The molecule has 4 nitrogen and oxygen atoms in total. The fourth-order valence-corrected chi connectivity index (χ4v) is 2.96. The molecule has 1 atom stereocenters. The van der Waals surface area contributed by atoms with Gasteiger partial charge in [0.25, 0.3) is 0 Å². The third kappa shape index (κ3) is 2.45. The third-order valence-electron chi connectivity index (χ3n) is 3.86. The van der Waals surface area contributed by atoms with Crippen molar-refractivity contribution in [2.75, 3.05) is 6.54 Å². The van der Waals surface area contributed by atoms with Gasteiger partial charge in [-0.1, -0.05) is 24.3 Å². The second-order valence-corrected chi connectivity index (χ2v) is 5.30. The van der Waals surface area contributed by atoms with Crippen molar-refractivity contribution >= 4 is 5.52 Å². The fourth-order valence-electron chi connectivity index (χ4n) is 2.96. The van der Waals surface area contributed by atoms with Gasteiger partial charge in [0.2, 0.25) is 6.54 Å². The van der Waals surface area contributed by atoms with E-state index in [4.69, 9.17) is 0 Å². The largest absolute Gasteiger partial charge is 0.320 e. The number of pyridine rings is 1. The first-order chi connectivity index (χ1) is 10.6. The molecule has 0 aliphatic heterocycles. The van der Waals surface area contributed by atoms with Gasteiger partial charge in [-0.3, -0.25) is 10.1 Å². The standard InChI is InChI=1S/C17H15FN2O2/c1-12-10-13-6-4-5-9-19(13)17(12)15(11-20(21)22)14-7-2-3-8-16(14)18/h2-10,15H,11H2,1H3. The first-order valence-electron chi connectivity index (χ1n) is 7.00. The Hall–Kier alpha value is -2.69. The van der Waals surface area contributed by atoms with E-state index in [2.05, 4.69) is 0 Å². The van der Waals surface area contributed by atoms with Crippen molar-refractivity contribution in [2.24, 2.45) is 0 Å². The second-order valence-electron chi connectivity index (χ2n) is 5.30. The molecule has 1 unspecified atom stereocenters. The normalized spacial score (nSPS) is 12.5. The molecule has 0 spiro atoms. The zero-order chi connectivity index (χ0) is 15.7. The maximum absolute atomic E-state index is 14.2. The Morgan fingerprint density at radius 1 is 1.23 bits per heavy atom. The number of rotatable bonds is 4. The molecule has 2 aromatic heterocycles. The molecule has 2 heterocycles. The Balaban J connectivity index is 2.23. The van der Waals surface area contributed by atoms with E-state index < -0.39 is 16.7 Å². The minimum absolute atomic E-state index is 0.344. The van der Waals surface area contributed by atoms with Crippen molar-refractivity contribution in [3.8, 4) is 0 Å². The summed E-state index contributed by atoms with van der Waals surface area (Å²) in [6.07, 6.45) is 1.85. The Morgan fingerprint density at radius 2 is 1.95 bits per heavy atom. The van der Waals surface area contributed by atoms with Crippen LogP contribution in [0.2, 0.25) is 0 Å². The number of hydrogen-bond donors (Lipinski definition) is 0. The van der Waals surface area contributed by atoms with Crippen molar-refractivity contribution in [1.82, 2.24) is 4.40 Å². The molecular formula is C17H15FN2O2. The van der Waals surface area contributed by atoms with Crippen LogP contribution in [-0.4, -0.2) is 15.9 Å². The molecule has 0 aliphatic rings. The smallest absolute Gasteiger partial charge is 0.216 e. The van der Waals surface area contributed by atoms with E-state index in [9.17, 15) is 14.5 Å². The fraction of sp³-hybridized carbons (Fsp3) is 0.176. The van der Waals surface area contributed by atoms with Crippen LogP contribution in [0.1, 0.15) is 22.7 Å². The number of halogens is 1. The molecule has 0 saturated heterocycles. The van der Waals surface area contributed by atoms with Crippen LogP contribution in [-0.2, 0) is 0 Å². The maximum Gasteiger partial charge on any atom is 0.216 e. The van der Waals surface area contributed by atoms with E-state index in [1.54, 1.807) is 18.2 Å². The van der Waals surface area contributed by atoms with Crippen LogP contribution in [0.15, 0.2) is 54.7 Å². The van der Waals surface area contributed by atoms with Crippen molar-refractivity contribution in [3.05, 3.63) is 87.5 Å². The van der Waals surface area contributed by atoms with E-state index in [1.807, 2.05) is 41.8 Å². The van der Waals surface area contributed by atoms with E-state index in [-0.39, 0.29) is 6.54 Å². The topological polar surface area (TPSA) is 47.5 Å². The quantitative estimate of drug-likeness (QED) is 0.543. The minimum Gasteiger partial charge on any atom is -0.320 e. The predicted octanol–water partition coefficient (Wildman–Crippen LogP) is 3.80. The van der Waals surface area contributed by atoms with E-state index >= 15 is 0 Å². The molecule has 0 amide bonds. The number of aryl methyl sites for hydroxylation is 1. The van der Waals surface area contributed by atoms with Crippen LogP contribution in [0.25, 0.3) is 5.52 Å². The van der Waals surface area contributed by atoms with Gasteiger partial charge in [0.05, 0.1) is 5.92 Å². The summed E-state index contributed by atoms with van der Waals surface area (Å²) in [5, 5.41) is 11.1. The molecule has 0 N–H and O–H groups in total. The van der Waals surface area contributed by atoms with Crippen molar-refractivity contribution in [1.29, 1.82) is 0 Å². The molecule has 22 heavy (non-hydrogen) atoms. The van der Waals surface area contributed by atoms with Crippen LogP contribution in [0, 0.1) is 22.9 Å². The van der Waals surface area contributed by atoms with Crippen molar-refractivity contribution < 1.29 is 9.31 Å². The second kappa shape index (κ2) is 5.60. The van der Waals surface area contributed by atoms with Gasteiger partial charge in [-0.15, -0.1) is 0 Å². The molecule has 3 aromatic rings. The monoisotopic (exact) mass is 298 g/mol. The lowest BCUT2D eigenvalue weighted by Crippen LogP contribution is -2.17. The average molecular weight is 298 g/mol. The summed E-state index contributed by atoms with van der Waals surface area (Å²) < 4.78 is 16.1. The average Bonchev–Trinajstić information content (AvgIpc) is 2.81. The van der Waals surface area contributed by atoms with Gasteiger partial charge in [0.1, 0.15) is 5.82 Å². The summed E-state index contributed by atoms with van der Waals surface area (Å²) in [4.78, 5) is 10.7. The highest BCUT2D eigenvalue weighted by Crippen LogP contribution is 2.31. The van der Waals surface area contributed by atoms with Gasteiger partial charge in [0.15, 0.2) is 0 Å². The molecule has 3 rings (SSSR count). The highest BCUT2D eigenvalue weighted by atomic mass is 19.1. The zero-order valence-electron chi connectivity index (χ0n) is 12.1. The number of nitrogens with zero attached hydrogens (tertiary/aromatic N) is 2. The number of fused-ring (bicyclic) bond motifs is 1. The van der Waals surface area contributed by atoms with Gasteiger partial charge < -0.3 is 4.40 Å². The molecule has 0 bridgehead atoms. The molecular weight excluding hydrogens is 283 g/mol. The number of aromatic nitrogens is 1. The lowest BCUT2D eigenvalue weighted by molar-refractivity contribution is -0.482. The lowest BCUT2D eigenvalue weighted by atomic mass is 9.93. The minimum atomic E-state index is -0.624.